The van der Waals surface area contributed by atoms with Crippen LogP contribution in [0.4, 0.5) is 0 Å². The maximum Gasteiger partial charge on any atom is 0.307 e. The van der Waals surface area contributed by atoms with Gasteiger partial charge in [0.15, 0.2) is 0 Å². The van der Waals surface area contributed by atoms with Crippen molar-refractivity contribution in [2.45, 2.75) is 19.6 Å². The Morgan fingerprint density at radius 2 is 0.935 bits per heavy atom. The summed E-state index contributed by atoms with van der Waals surface area (Å²) in [5.41, 5.74) is 0.840. The van der Waals surface area contributed by atoms with E-state index < -0.39 is 20.4 Å². The summed E-state index contributed by atoms with van der Waals surface area (Å²) in [6.45, 7) is 3.72. The molecule has 0 spiro atoms. The van der Waals surface area contributed by atoms with Crippen molar-refractivity contribution in [3.05, 3.63) is 127 Å². The highest BCUT2D eigenvalue weighted by Crippen LogP contribution is 2.70. The largest absolute Gasteiger partial charge is 0.307 e. The third kappa shape index (κ3) is 4.21. The second kappa shape index (κ2) is 8.94. The molecule has 0 radical (unpaired) electrons. The molecule has 0 aliphatic carbocycles. The van der Waals surface area contributed by atoms with Crippen LogP contribution >= 0.6 is 10.3 Å². The van der Waals surface area contributed by atoms with E-state index in [2.05, 4.69) is 6.58 Å². The Kier molecular flexibility index (Phi) is 6.09. The van der Waals surface area contributed by atoms with Crippen LogP contribution in [0.25, 0.3) is 6.08 Å². The van der Waals surface area contributed by atoms with E-state index in [0.717, 1.165) is 20.2 Å². The normalized spacial score (nSPS) is 12.3. The molecule has 3 nitrogen and oxygen atoms in total. The number of hydrogen-bond donors (Lipinski definition) is 0. The SMILES string of the molecule is C=Cc1ccc(S(=O)(=O)OS(c2ccccc2)(c2ccccc2)c2ccccc2)cc1. The van der Waals surface area contributed by atoms with Gasteiger partial charge in [-0.15, -0.1) is 0 Å². The Morgan fingerprint density at radius 3 is 1.29 bits per heavy atom. The van der Waals surface area contributed by atoms with Crippen molar-refractivity contribution in [2.75, 3.05) is 0 Å². The standard InChI is InChI=1S/C26H22O3S2/c1-2-22-18-20-26(21-19-22)31(27,28)29-30(23-12-6-3-7-13-23,24-14-8-4-9-15-24)25-16-10-5-11-17-25/h2-21H,1H2. The minimum absolute atomic E-state index is 0.109. The van der Waals surface area contributed by atoms with Crippen LogP contribution in [-0.4, -0.2) is 8.42 Å². The summed E-state index contributed by atoms with van der Waals surface area (Å²) in [5.74, 6) is 0. The third-order valence-corrected chi connectivity index (χ3v) is 10.0. The van der Waals surface area contributed by atoms with Crippen LogP contribution in [0.5, 0.6) is 0 Å². The fraction of sp³-hybridized carbons (Fsp3) is 0. The highest BCUT2D eigenvalue weighted by molar-refractivity contribution is 8.33. The van der Waals surface area contributed by atoms with Gasteiger partial charge in [-0.2, -0.15) is 8.42 Å². The zero-order chi connectivity index (χ0) is 21.7. The monoisotopic (exact) mass is 446 g/mol. The molecule has 0 bridgehead atoms. The van der Waals surface area contributed by atoms with Gasteiger partial charge in [-0.05, 0) is 64.4 Å². The molecule has 0 saturated heterocycles. The molecule has 5 heteroatoms. The van der Waals surface area contributed by atoms with Crippen molar-refractivity contribution in [1.82, 2.24) is 0 Å². The van der Waals surface area contributed by atoms with Gasteiger partial charge < -0.3 is 0 Å². The maximum absolute atomic E-state index is 13.5. The van der Waals surface area contributed by atoms with Crippen molar-refractivity contribution in [2.24, 2.45) is 0 Å². The van der Waals surface area contributed by atoms with Crippen LogP contribution in [0.3, 0.4) is 0 Å². The van der Waals surface area contributed by atoms with Gasteiger partial charge in [-0.3, -0.25) is 0 Å². The van der Waals surface area contributed by atoms with Crippen LogP contribution in [-0.2, 0) is 13.7 Å². The van der Waals surface area contributed by atoms with E-state index in [9.17, 15) is 8.42 Å². The molecular weight excluding hydrogens is 424 g/mol. The summed E-state index contributed by atoms with van der Waals surface area (Å²) < 4.78 is 33.4. The van der Waals surface area contributed by atoms with Crippen LogP contribution in [0.2, 0.25) is 0 Å². The Balaban J connectivity index is 1.97. The van der Waals surface area contributed by atoms with Crippen molar-refractivity contribution < 1.29 is 12.0 Å². The topological polar surface area (TPSA) is 43.4 Å². The molecule has 0 saturated carbocycles. The van der Waals surface area contributed by atoms with E-state index in [0.29, 0.717) is 0 Å². The molecule has 0 fully saturated rings. The van der Waals surface area contributed by atoms with Gasteiger partial charge in [-0.1, -0.05) is 79.4 Å². The van der Waals surface area contributed by atoms with E-state index in [1.165, 1.54) is 0 Å². The van der Waals surface area contributed by atoms with Crippen LogP contribution < -0.4 is 0 Å². The third-order valence-electron chi connectivity index (χ3n) is 4.82. The van der Waals surface area contributed by atoms with Crippen molar-refractivity contribution in [3.8, 4) is 0 Å². The Bertz CT molecular complexity index is 1160. The predicted molar refractivity (Wildman–Crippen MR) is 127 cm³/mol. The molecule has 31 heavy (non-hydrogen) atoms. The fourth-order valence-corrected chi connectivity index (χ4v) is 8.55. The lowest BCUT2D eigenvalue weighted by Crippen LogP contribution is -2.14. The molecule has 0 heterocycles. The zero-order valence-corrected chi connectivity index (χ0v) is 18.4. The number of rotatable bonds is 7. The lowest BCUT2D eigenvalue weighted by Gasteiger charge is -2.39. The van der Waals surface area contributed by atoms with Gasteiger partial charge >= 0.3 is 10.1 Å². The molecule has 4 rings (SSSR count). The van der Waals surface area contributed by atoms with Crippen LogP contribution in [0.1, 0.15) is 5.56 Å². The minimum atomic E-state index is -4.08. The molecule has 0 aliphatic rings. The van der Waals surface area contributed by atoms with E-state index in [4.69, 9.17) is 3.63 Å². The molecule has 0 N–H and O–H groups in total. The lowest BCUT2D eigenvalue weighted by molar-refractivity contribution is 0.508. The highest BCUT2D eigenvalue weighted by atomic mass is 32.3. The molecule has 0 aliphatic heterocycles. The molecule has 0 amide bonds. The summed E-state index contributed by atoms with van der Waals surface area (Å²) in [5, 5.41) is 0. The van der Waals surface area contributed by atoms with E-state index in [-0.39, 0.29) is 4.90 Å². The fourth-order valence-electron chi connectivity index (χ4n) is 3.31. The summed E-state index contributed by atoms with van der Waals surface area (Å²) in [7, 11) is -6.65. The van der Waals surface area contributed by atoms with Gasteiger partial charge in [-0.25, -0.2) is 3.63 Å². The zero-order valence-electron chi connectivity index (χ0n) is 16.8. The quantitative estimate of drug-likeness (QED) is 0.309. The van der Waals surface area contributed by atoms with Crippen LogP contribution in [0, 0.1) is 0 Å². The average molecular weight is 447 g/mol. The molecule has 156 valence electrons. The second-order valence-corrected chi connectivity index (χ2v) is 11.2. The first kappa shape index (κ1) is 21.1. The van der Waals surface area contributed by atoms with Gasteiger partial charge in [0.25, 0.3) is 0 Å². The predicted octanol–water partition coefficient (Wildman–Crippen LogP) is 6.93. The molecule has 0 atom stereocenters. The van der Waals surface area contributed by atoms with E-state index >= 15 is 0 Å². The second-order valence-electron chi connectivity index (χ2n) is 6.79. The molecule has 4 aromatic carbocycles. The lowest BCUT2D eigenvalue weighted by atomic mass is 10.2. The van der Waals surface area contributed by atoms with Gasteiger partial charge in [0.2, 0.25) is 0 Å². The van der Waals surface area contributed by atoms with Gasteiger partial charge in [0.1, 0.15) is 0 Å². The Morgan fingerprint density at radius 1 is 0.548 bits per heavy atom. The summed E-state index contributed by atoms with van der Waals surface area (Å²) >= 11 is 0. The highest BCUT2D eigenvalue weighted by Gasteiger charge is 2.38. The molecule has 0 aromatic heterocycles. The van der Waals surface area contributed by atoms with Crippen LogP contribution in [0.15, 0.2) is 141 Å². The summed E-state index contributed by atoms with van der Waals surface area (Å²) in [6, 6.07) is 35.2. The first-order valence-corrected chi connectivity index (χ1v) is 12.7. The van der Waals surface area contributed by atoms with E-state index in [1.807, 2.05) is 91.0 Å². The summed E-state index contributed by atoms with van der Waals surface area (Å²) in [4.78, 5) is 2.52. The van der Waals surface area contributed by atoms with E-state index in [1.54, 1.807) is 30.3 Å². The number of hydrogen-bond acceptors (Lipinski definition) is 3. The number of benzene rings is 4. The van der Waals surface area contributed by atoms with Crippen molar-refractivity contribution in [1.29, 1.82) is 0 Å². The molecule has 4 aromatic rings. The Hall–Kier alpha value is -3.12. The van der Waals surface area contributed by atoms with Gasteiger partial charge in [0.05, 0.1) is 4.90 Å². The smallest absolute Gasteiger partial charge is 0.203 e. The van der Waals surface area contributed by atoms with Crippen molar-refractivity contribution >= 4 is 26.5 Å². The van der Waals surface area contributed by atoms with Gasteiger partial charge in [0, 0.05) is 14.7 Å². The first-order chi connectivity index (χ1) is 15.1. The minimum Gasteiger partial charge on any atom is -0.203 e. The molecule has 0 unspecified atom stereocenters. The average Bonchev–Trinajstić information content (AvgIpc) is 2.84. The first-order valence-electron chi connectivity index (χ1n) is 9.73. The maximum atomic E-state index is 13.5. The van der Waals surface area contributed by atoms with Crippen molar-refractivity contribution in [3.63, 3.8) is 0 Å². The summed E-state index contributed by atoms with van der Waals surface area (Å²) in [6.07, 6.45) is 1.67. The molecular formula is C26H22O3S2. The Labute approximate surface area is 185 Å².